The Labute approximate surface area is 196 Å². The Kier molecular flexibility index (Phi) is 7.01. The van der Waals surface area contributed by atoms with Crippen LogP contribution in [0.5, 0.6) is 23.0 Å². The third-order valence-corrected chi connectivity index (χ3v) is 4.46. The molecule has 35 heavy (non-hydrogen) atoms. The van der Waals surface area contributed by atoms with Gasteiger partial charge in [0.25, 0.3) is 11.4 Å². The van der Waals surface area contributed by atoms with Gasteiger partial charge < -0.3 is 9.47 Å². The smallest absolute Gasteiger partial charge is 0.416 e. The number of hydrogen-bond acceptors (Lipinski definition) is 4. The summed E-state index contributed by atoms with van der Waals surface area (Å²) in [6.45, 7) is 14.6. The summed E-state index contributed by atoms with van der Waals surface area (Å²) in [4.78, 5) is 6.25. The Morgan fingerprint density at radius 3 is 1.74 bits per heavy atom. The van der Waals surface area contributed by atoms with Crippen molar-refractivity contribution in [3.8, 4) is 35.1 Å². The largest absolute Gasteiger partial charge is 0.458 e. The number of rotatable bonds is 4. The molecule has 0 aromatic heterocycles. The highest BCUT2D eigenvalue weighted by Crippen LogP contribution is 2.32. The Morgan fingerprint density at radius 1 is 0.771 bits per heavy atom. The molecule has 0 radical (unpaired) electrons. The predicted octanol–water partition coefficient (Wildman–Crippen LogP) is 5.53. The molecule has 0 bridgehead atoms. The van der Waals surface area contributed by atoms with E-state index in [4.69, 9.17) is 22.6 Å². The predicted molar refractivity (Wildman–Crippen MR) is 115 cm³/mol. The Morgan fingerprint density at radius 2 is 1.29 bits per heavy atom. The summed E-state index contributed by atoms with van der Waals surface area (Å²) in [5, 5.41) is 18.6. The molecule has 0 N–H and O–H groups in total. The summed E-state index contributed by atoms with van der Waals surface area (Å²) in [5.41, 5.74) is -1.93. The van der Waals surface area contributed by atoms with E-state index >= 15 is 0 Å². The quantitative estimate of drug-likeness (QED) is 0.368. The van der Waals surface area contributed by atoms with Crippen LogP contribution < -0.4 is 19.9 Å². The maximum Gasteiger partial charge on any atom is 0.416 e. The van der Waals surface area contributed by atoms with Crippen LogP contribution in [0.15, 0.2) is 60.7 Å². The first-order chi connectivity index (χ1) is 16.7. The first-order valence-corrected chi connectivity index (χ1v) is 9.46. The van der Waals surface area contributed by atoms with Crippen molar-refractivity contribution in [1.29, 1.82) is 10.5 Å². The fourth-order valence-electron chi connectivity index (χ4n) is 2.88. The lowest BCUT2D eigenvalue weighted by atomic mass is 10.1. The minimum atomic E-state index is -4.65. The lowest BCUT2D eigenvalue weighted by molar-refractivity contribution is -0.137. The third kappa shape index (κ3) is 5.54. The van der Waals surface area contributed by atoms with E-state index < -0.39 is 29.0 Å². The normalized spacial score (nSPS) is 12.2. The Bertz CT molecular complexity index is 1550. The van der Waals surface area contributed by atoms with E-state index in [9.17, 15) is 28.1 Å². The molecule has 0 atom stereocenters. The second-order valence-electron chi connectivity index (χ2n) is 6.67. The second-order valence-corrected chi connectivity index (χ2v) is 6.67. The summed E-state index contributed by atoms with van der Waals surface area (Å²) in [6.07, 6.45) is -4.65. The first-order valence-electron chi connectivity index (χ1n) is 9.46. The summed E-state index contributed by atoms with van der Waals surface area (Å²) in [7, 11) is 0. The van der Waals surface area contributed by atoms with Crippen LogP contribution in [0.1, 0.15) is 5.56 Å². The Hall–Kier alpha value is -5.32. The Balaban J connectivity index is 2.31. The highest BCUT2D eigenvalue weighted by atomic mass is 19.4. The van der Waals surface area contributed by atoms with E-state index in [0.29, 0.717) is 0 Å². The van der Waals surface area contributed by atoms with E-state index in [-0.39, 0.29) is 33.4 Å². The molecule has 0 amide bonds. The SMILES string of the molecule is [C-]#[N+]C(C#N)=c1cc(Oc2cccc(C(F)(F)F)c2)c(=C(C#N)[N+]#[C-])cc1Oc1ccc(F)cc1. The van der Waals surface area contributed by atoms with E-state index in [2.05, 4.69) is 9.69 Å². The maximum atomic E-state index is 13.3. The zero-order valence-corrected chi connectivity index (χ0v) is 17.4. The monoisotopic (exact) mass is 474 g/mol. The summed E-state index contributed by atoms with van der Waals surface area (Å²) < 4.78 is 63.9. The number of halogens is 4. The number of hydrogen-bond donors (Lipinski definition) is 0. The van der Waals surface area contributed by atoms with E-state index in [1.807, 2.05) is 0 Å². The molecule has 0 spiro atoms. The molecule has 0 unspecified atom stereocenters. The van der Waals surface area contributed by atoms with Gasteiger partial charge in [-0.15, -0.1) is 0 Å². The lowest BCUT2D eigenvalue weighted by Gasteiger charge is -2.13. The fraction of sp³-hybridized carbons (Fsp3) is 0.0400. The highest BCUT2D eigenvalue weighted by molar-refractivity contribution is 5.72. The van der Waals surface area contributed by atoms with Crippen LogP contribution >= 0.6 is 0 Å². The zero-order valence-electron chi connectivity index (χ0n) is 17.4. The molecule has 6 nitrogen and oxygen atoms in total. The third-order valence-electron chi connectivity index (χ3n) is 4.46. The van der Waals surface area contributed by atoms with Gasteiger partial charge >= 0.3 is 6.18 Å². The number of nitrogens with zero attached hydrogens (tertiary/aromatic N) is 4. The molecule has 170 valence electrons. The fourth-order valence-corrected chi connectivity index (χ4v) is 2.88. The van der Waals surface area contributed by atoms with Gasteiger partial charge in [-0.3, -0.25) is 0 Å². The number of nitriles is 2. The van der Waals surface area contributed by atoms with Gasteiger partial charge in [0.2, 0.25) is 0 Å². The highest BCUT2D eigenvalue weighted by Gasteiger charge is 2.30. The van der Waals surface area contributed by atoms with Gasteiger partial charge in [-0.25, -0.2) is 24.6 Å². The second kappa shape index (κ2) is 10.1. The molecule has 3 aromatic rings. The molecular formula is C25H10F4N4O2. The number of benzene rings is 3. The summed E-state index contributed by atoms with van der Waals surface area (Å²) >= 11 is 0. The van der Waals surface area contributed by atoms with Crippen LogP contribution in [0.3, 0.4) is 0 Å². The summed E-state index contributed by atoms with van der Waals surface area (Å²) in [6, 6.07) is 14.3. The van der Waals surface area contributed by atoms with E-state index in [1.54, 1.807) is 12.1 Å². The molecule has 0 saturated heterocycles. The van der Waals surface area contributed by atoms with E-state index in [1.165, 1.54) is 18.2 Å². The van der Waals surface area contributed by atoms with Gasteiger partial charge in [0, 0.05) is 10.4 Å². The molecule has 3 rings (SSSR count). The van der Waals surface area contributed by atoms with Crippen LogP contribution in [0.4, 0.5) is 17.6 Å². The molecule has 0 saturated carbocycles. The van der Waals surface area contributed by atoms with Crippen molar-refractivity contribution in [1.82, 2.24) is 0 Å². The van der Waals surface area contributed by atoms with Crippen molar-refractivity contribution in [2.24, 2.45) is 0 Å². The molecule has 3 aromatic carbocycles. The van der Waals surface area contributed by atoms with Crippen molar-refractivity contribution in [3.05, 3.63) is 105 Å². The van der Waals surface area contributed by atoms with Crippen molar-refractivity contribution < 1.29 is 27.0 Å². The van der Waals surface area contributed by atoms with Gasteiger partial charge in [-0.1, -0.05) is 6.07 Å². The molecular weight excluding hydrogens is 464 g/mol. The van der Waals surface area contributed by atoms with Crippen LogP contribution in [-0.2, 0) is 6.18 Å². The molecule has 0 aliphatic heterocycles. The average molecular weight is 474 g/mol. The minimum Gasteiger partial charge on any atom is -0.458 e. The molecule has 0 aliphatic rings. The maximum absolute atomic E-state index is 13.3. The lowest BCUT2D eigenvalue weighted by Crippen LogP contribution is -2.18. The van der Waals surface area contributed by atoms with Crippen molar-refractivity contribution in [3.63, 3.8) is 0 Å². The minimum absolute atomic E-state index is 0.111. The van der Waals surface area contributed by atoms with Crippen LogP contribution in [0.2, 0.25) is 0 Å². The van der Waals surface area contributed by atoms with Crippen LogP contribution in [-0.4, -0.2) is 0 Å². The van der Waals surface area contributed by atoms with Crippen LogP contribution in [0.25, 0.3) is 21.1 Å². The molecule has 0 heterocycles. The average Bonchev–Trinajstić information content (AvgIpc) is 2.83. The van der Waals surface area contributed by atoms with Gasteiger partial charge in [0.15, 0.2) is 0 Å². The van der Waals surface area contributed by atoms with E-state index in [0.717, 1.165) is 42.5 Å². The topological polar surface area (TPSA) is 74.8 Å². The molecule has 10 heteroatoms. The van der Waals surface area contributed by atoms with Crippen molar-refractivity contribution in [2.75, 3.05) is 0 Å². The standard InChI is InChI=1S/C25H10F4N4O2/c1-32-21(13-30)19-12-24(35-18-5-3-4-15(10-18)25(27,28)29)20(22(14-31)33-2)11-23(19)34-17-8-6-16(26)7-9-17/h3-12H. The van der Waals surface area contributed by atoms with Crippen molar-refractivity contribution >= 4 is 11.4 Å². The first kappa shape index (κ1) is 24.3. The van der Waals surface area contributed by atoms with Gasteiger partial charge in [0.1, 0.15) is 28.8 Å². The zero-order chi connectivity index (χ0) is 25.6. The summed E-state index contributed by atoms with van der Waals surface area (Å²) in [5.74, 6) is -1.07. The van der Waals surface area contributed by atoms with Gasteiger partial charge in [-0.2, -0.15) is 13.2 Å². The van der Waals surface area contributed by atoms with Crippen molar-refractivity contribution in [2.45, 2.75) is 6.18 Å². The van der Waals surface area contributed by atoms with Gasteiger partial charge in [-0.05, 0) is 54.6 Å². The molecule has 0 fully saturated rings. The number of alkyl halides is 3. The van der Waals surface area contributed by atoms with Gasteiger partial charge in [0.05, 0.1) is 30.8 Å². The van der Waals surface area contributed by atoms with Crippen LogP contribution in [0, 0.1) is 41.6 Å². The molecule has 0 aliphatic carbocycles. The number of ether oxygens (including phenoxy) is 2.